The largest absolute Gasteiger partial charge is 0.466 e. The molecule has 1 aliphatic rings. The van der Waals surface area contributed by atoms with Gasteiger partial charge in [0.2, 0.25) is 0 Å². The van der Waals surface area contributed by atoms with Crippen LogP contribution in [0.3, 0.4) is 0 Å². The number of halogens is 1. The molecule has 0 aliphatic carbocycles. The number of carbonyl (C=O) groups excluding carboxylic acids is 1. The van der Waals surface area contributed by atoms with E-state index in [1.807, 2.05) is 6.92 Å². The third-order valence-electron chi connectivity index (χ3n) is 4.07. The zero-order valence-corrected chi connectivity index (χ0v) is 13.3. The van der Waals surface area contributed by atoms with Crippen molar-refractivity contribution in [1.82, 2.24) is 4.90 Å². The quantitative estimate of drug-likeness (QED) is 0.873. The molecule has 0 spiro atoms. The molecule has 0 radical (unpaired) electrons. The van der Waals surface area contributed by atoms with Gasteiger partial charge in [-0.1, -0.05) is 12.1 Å². The van der Waals surface area contributed by atoms with E-state index in [-0.39, 0.29) is 17.8 Å². The highest BCUT2D eigenvalue weighted by atomic mass is 19.1. The van der Waals surface area contributed by atoms with Gasteiger partial charge >= 0.3 is 0 Å². The predicted molar refractivity (Wildman–Crippen MR) is 83.9 cm³/mol. The zero-order chi connectivity index (χ0) is 16.4. The number of amides is 1. The van der Waals surface area contributed by atoms with Crippen LogP contribution >= 0.6 is 0 Å². The lowest BCUT2D eigenvalue weighted by molar-refractivity contribution is -0.0208. The van der Waals surface area contributed by atoms with E-state index in [1.54, 1.807) is 30.0 Å². The first-order chi connectivity index (χ1) is 11.0. The van der Waals surface area contributed by atoms with Crippen LogP contribution in [0.15, 0.2) is 34.7 Å². The summed E-state index contributed by atoms with van der Waals surface area (Å²) < 4.78 is 24.2. The van der Waals surface area contributed by atoms with E-state index in [0.717, 1.165) is 11.3 Å². The molecule has 0 bridgehead atoms. The number of rotatable bonds is 3. The molecular formula is C18H20FNO3. The highest BCUT2D eigenvalue weighted by Crippen LogP contribution is 2.19. The molecule has 1 saturated heterocycles. The Morgan fingerprint density at radius 2 is 2.04 bits per heavy atom. The second-order valence-electron chi connectivity index (χ2n) is 5.90. The Morgan fingerprint density at radius 1 is 1.30 bits per heavy atom. The van der Waals surface area contributed by atoms with E-state index in [2.05, 4.69) is 0 Å². The molecule has 1 aromatic heterocycles. The third-order valence-corrected chi connectivity index (χ3v) is 4.07. The lowest BCUT2D eigenvalue weighted by atomic mass is 10.1. The Bertz CT molecular complexity index is 693. The molecule has 1 atom stereocenters. The van der Waals surface area contributed by atoms with Gasteiger partial charge in [0.1, 0.15) is 17.3 Å². The Morgan fingerprint density at radius 3 is 2.70 bits per heavy atom. The molecule has 2 aromatic rings. The molecule has 3 rings (SSSR count). The third kappa shape index (κ3) is 3.62. The van der Waals surface area contributed by atoms with Gasteiger partial charge in [0.05, 0.1) is 18.3 Å². The summed E-state index contributed by atoms with van der Waals surface area (Å²) in [4.78, 5) is 14.4. The van der Waals surface area contributed by atoms with Gasteiger partial charge in [-0.15, -0.1) is 0 Å². The number of morpholine rings is 1. The highest BCUT2D eigenvalue weighted by Gasteiger charge is 2.27. The molecule has 1 aromatic carbocycles. The van der Waals surface area contributed by atoms with Crippen molar-refractivity contribution >= 4 is 5.91 Å². The number of hydrogen-bond acceptors (Lipinski definition) is 3. The summed E-state index contributed by atoms with van der Waals surface area (Å²) in [5.41, 5.74) is 1.62. The van der Waals surface area contributed by atoms with Gasteiger partial charge < -0.3 is 14.1 Å². The number of hydrogen-bond donors (Lipinski definition) is 0. The zero-order valence-electron chi connectivity index (χ0n) is 13.3. The Kier molecular flexibility index (Phi) is 4.48. The number of nitrogens with zero attached hydrogens (tertiary/aromatic N) is 1. The Hall–Kier alpha value is -2.14. The molecule has 1 aliphatic heterocycles. The first-order valence-corrected chi connectivity index (χ1v) is 7.75. The number of furan rings is 1. The number of carbonyl (C=O) groups is 1. The predicted octanol–water partition coefficient (Wildman–Crippen LogP) is 3.12. The number of benzene rings is 1. The summed E-state index contributed by atoms with van der Waals surface area (Å²) in [6.45, 7) is 5.24. The molecule has 4 nitrogen and oxygen atoms in total. The SMILES string of the molecule is Cc1cc(C(=O)N2CCOC(Cc3ccc(F)cc3)C2)c(C)o1. The lowest BCUT2D eigenvalue weighted by Crippen LogP contribution is -2.46. The van der Waals surface area contributed by atoms with Crippen LogP contribution in [-0.4, -0.2) is 36.6 Å². The van der Waals surface area contributed by atoms with Crippen LogP contribution in [-0.2, 0) is 11.2 Å². The van der Waals surface area contributed by atoms with Gasteiger partial charge in [-0.25, -0.2) is 4.39 Å². The molecule has 0 saturated carbocycles. The first-order valence-electron chi connectivity index (χ1n) is 7.75. The standard InChI is InChI=1S/C18H20FNO3/c1-12-9-17(13(2)23-12)18(21)20-7-8-22-16(11-20)10-14-3-5-15(19)6-4-14/h3-6,9,16H,7-8,10-11H2,1-2H3. The van der Waals surface area contributed by atoms with Crippen LogP contribution in [0.1, 0.15) is 27.4 Å². The molecule has 1 unspecified atom stereocenters. The number of ether oxygens (including phenoxy) is 1. The van der Waals surface area contributed by atoms with Crippen LogP contribution in [0.25, 0.3) is 0 Å². The van der Waals surface area contributed by atoms with Gasteiger partial charge in [-0.2, -0.15) is 0 Å². The second kappa shape index (κ2) is 6.54. The molecule has 23 heavy (non-hydrogen) atoms. The molecule has 1 fully saturated rings. The summed E-state index contributed by atoms with van der Waals surface area (Å²) in [5.74, 6) is 1.11. The average molecular weight is 317 g/mol. The fraction of sp³-hybridized carbons (Fsp3) is 0.389. The first kappa shape index (κ1) is 15.7. The molecule has 5 heteroatoms. The van der Waals surface area contributed by atoms with E-state index in [9.17, 15) is 9.18 Å². The van der Waals surface area contributed by atoms with Gasteiger partial charge in [0.25, 0.3) is 5.91 Å². The smallest absolute Gasteiger partial charge is 0.257 e. The van der Waals surface area contributed by atoms with Crippen LogP contribution in [0.5, 0.6) is 0 Å². The van der Waals surface area contributed by atoms with Crippen molar-refractivity contribution in [1.29, 1.82) is 0 Å². The fourth-order valence-corrected chi connectivity index (χ4v) is 2.92. The van der Waals surface area contributed by atoms with Crippen LogP contribution in [0.2, 0.25) is 0 Å². The molecule has 2 heterocycles. The minimum absolute atomic E-state index is 0.0215. The molecule has 122 valence electrons. The summed E-state index contributed by atoms with van der Waals surface area (Å²) in [6.07, 6.45) is 0.583. The van der Waals surface area contributed by atoms with Crippen molar-refractivity contribution in [3.63, 3.8) is 0 Å². The van der Waals surface area contributed by atoms with E-state index in [4.69, 9.17) is 9.15 Å². The van der Waals surface area contributed by atoms with Crippen LogP contribution in [0, 0.1) is 19.7 Å². The fourth-order valence-electron chi connectivity index (χ4n) is 2.92. The van der Waals surface area contributed by atoms with Crippen molar-refractivity contribution in [3.05, 3.63) is 58.8 Å². The molecular weight excluding hydrogens is 297 g/mol. The van der Waals surface area contributed by atoms with Crippen molar-refractivity contribution in [3.8, 4) is 0 Å². The van der Waals surface area contributed by atoms with Crippen molar-refractivity contribution in [2.45, 2.75) is 26.4 Å². The van der Waals surface area contributed by atoms with Gasteiger partial charge in [0.15, 0.2) is 0 Å². The van der Waals surface area contributed by atoms with Gasteiger partial charge in [-0.3, -0.25) is 4.79 Å². The van der Waals surface area contributed by atoms with E-state index < -0.39 is 0 Å². The second-order valence-corrected chi connectivity index (χ2v) is 5.90. The highest BCUT2D eigenvalue weighted by molar-refractivity contribution is 5.95. The van der Waals surface area contributed by atoms with Crippen molar-refractivity contribution in [2.24, 2.45) is 0 Å². The minimum Gasteiger partial charge on any atom is -0.466 e. The van der Waals surface area contributed by atoms with Crippen LogP contribution in [0.4, 0.5) is 4.39 Å². The molecule has 1 amide bonds. The van der Waals surface area contributed by atoms with E-state index >= 15 is 0 Å². The maximum Gasteiger partial charge on any atom is 0.257 e. The normalized spacial score (nSPS) is 18.2. The monoisotopic (exact) mass is 317 g/mol. The Labute approximate surface area is 134 Å². The maximum atomic E-state index is 13.0. The molecule has 0 N–H and O–H groups in total. The van der Waals surface area contributed by atoms with Crippen molar-refractivity contribution < 1.29 is 18.3 Å². The van der Waals surface area contributed by atoms with Gasteiger partial charge in [-0.05, 0) is 37.6 Å². The number of aryl methyl sites for hydroxylation is 2. The van der Waals surface area contributed by atoms with Crippen LogP contribution < -0.4 is 0 Å². The van der Waals surface area contributed by atoms with E-state index in [1.165, 1.54) is 12.1 Å². The summed E-state index contributed by atoms with van der Waals surface area (Å²) in [5, 5.41) is 0. The van der Waals surface area contributed by atoms with Crippen molar-refractivity contribution in [2.75, 3.05) is 19.7 Å². The minimum atomic E-state index is -0.249. The maximum absolute atomic E-state index is 13.0. The summed E-state index contributed by atoms with van der Waals surface area (Å²) >= 11 is 0. The summed E-state index contributed by atoms with van der Waals surface area (Å²) in [7, 11) is 0. The van der Waals surface area contributed by atoms with E-state index in [0.29, 0.717) is 37.4 Å². The lowest BCUT2D eigenvalue weighted by Gasteiger charge is -2.33. The Balaban J connectivity index is 1.67. The summed E-state index contributed by atoms with van der Waals surface area (Å²) in [6, 6.07) is 8.17. The average Bonchev–Trinajstić information content (AvgIpc) is 2.88. The van der Waals surface area contributed by atoms with Gasteiger partial charge in [0, 0.05) is 19.5 Å². The topological polar surface area (TPSA) is 42.7 Å².